The molecule has 7 aromatic rings. The molecule has 0 saturated carbocycles. The number of nitrogens with zero attached hydrogens (tertiary/aromatic N) is 3. The molecule has 0 unspecified atom stereocenters. The maximum absolute atomic E-state index is 13.1. The van der Waals surface area contributed by atoms with Gasteiger partial charge in [-0.3, -0.25) is 24.0 Å². The van der Waals surface area contributed by atoms with Gasteiger partial charge >= 0.3 is 0 Å². The van der Waals surface area contributed by atoms with E-state index in [1.54, 1.807) is 66.7 Å². The quantitative estimate of drug-likeness (QED) is 0.123. The van der Waals surface area contributed by atoms with E-state index in [0.29, 0.717) is 56.0 Å². The molecule has 9 rings (SSSR count). The van der Waals surface area contributed by atoms with Gasteiger partial charge in [-0.2, -0.15) is 0 Å². The first kappa shape index (κ1) is 37.6. The summed E-state index contributed by atoms with van der Waals surface area (Å²) in [5.74, 6) is -0.0477. The summed E-state index contributed by atoms with van der Waals surface area (Å²) < 4.78 is 0. The fourth-order valence-electron chi connectivity index (χ4n) is 6.79. The van der Waals surface area contributed by atoms with Crippen molar-refractivity contribution in [2.75, 3.05) is 49.5 Å². The number of fused-ring (bicyclic) bond motifs is 6. The van der Waals surface area contributed by atoms with Gasteiger partial charge in [-0.1, -0.05) is 48.5 Å². The van der Waals surface area contributed by atoms with Crippen LogP contribution in [0.3, 0.4) is 0 Å². The summed E-state index contributed by atoms with van der Waals surface area (Å²) in [4.78, 5) is 72.9. The van der Waals surface area contributed by atoms with Gasteiger partial charge in [-0.25, -0.2) is 4.98 Å². The lowest BCUT2D eigenvalue weighted by atomic mass is 9.83. The van der Waals surface area contributed by atoms with Crippen LogP contribution in [0, 0.1) is 0 Å². The van der Waals surface area contributed by atoms with Gasteiger partial charge in [0.1, 0.15) is 17.6 Å². The molecule has 282 valence electrons. The van der Waals surface area contributed by atoms with Crippen LogP contribution in [0.2, 0.25) is 0 Å². The van der Waals surface area contributed by atoms with Gasteiger partial charge < -0.3 is 26.3 Å². The molecule has 0 aliphatic heterocycles. The predicted octanol–water partition coefficient (Wildman–Crippen LogP) is 7.26. The molecule has 1 aromatic heterocycles. The Balaban J connectivity index is 0.000000146. The molecule has 0 bridgehead atoms. The number of nitrogen functional groups attached to an aromatic ring is 2. The molecule has 1 heterocycles. The molecule has 0 atom stereocenters. The number of aromatic amines is 1. The molecule has 0 radical (unpaired) electrons. The van der Waals surface area contributed by atoms with Crippen molar-refractivity contribution >= 4 is 63.2 Å². The number of nitrogens with one attached hydrogen (secondary N) is 1. The number of carbonyl (C=O) groups is 5. The summed E-state index contributed by atoms with van der Waals surface area (Å²) in [6.45, 7) is 0. The number of benzene rings is 6. The van der Waals surface area contributed by atoms with E-state index in [-0.39, 0.29) is 34.4 Å². The third-order valence-corrected chi connectivity index (χ3v) is 9.91. The monoisotopic (exact) mass is 754 g/mol. The van der Waals surface area contributed by atoms with Crippen LogP contribution in [0.15, 0.2) is 121 Å². The van der Waals surface area contributed by atoms with Crippen molar-refractivity contribution in [1.82, 2.24) is 9.97 Å². The molecular formula is C46H38N6O5. The highest BCUT2D eigenvalue weighted by Gasteiger charge is 2.33. The van der Waals surface area contributed by atoms with E-state index >= 15 is 0 Å². The lowest BCUT2D eigenvalue weighted by Gasteiger charge is -2.19. The summed E-state index contributed by atoms with van der Waals surface area (Å²) in [6.07, 6.45) is 0.847. The van der Waals surface area contributed by atoms with Gasteiger partial charge in [0.2, 0.25) is 0 Å². The van der Waals surface area contributed by atoms with Crippen LogP contribution in [-0.4, -0.2) is 67.6 Å². The lowest BCUT2D eigenvalue weighted by Crippen LogP contribution is -2.22. The minimum atomic E-state index is -0.245. The first-order valence-electron chi connectivity index (χ1n) is 18.0. The maximum Gasteiger partial charge on any atom is 0.196 e. The first-order valence-corrected chi connectivity index (χ1v) is 18.0. The van der Waals surface area contributed by atoms with Crippen LogP contribution < -0.4 is 21.3 Å². The largest absolute Gasteiger partial charge is 0.397 e. The zero-order valence-electron chi connectivity index (χ0n) is 31.7. The Morgan fingerprint density at radius 1 is 0.526 bits per heavy atom. The summed E-state index contributed by atoms with van der Waals surface area (Å²) in [7, 11) is 7.91. The Morgan fingerprint density at radius 3 is 1.49 bits per heavy atom. The molecule has 57 heavy (non-hydrogen) atoms. The minimum absolute atomic E-state index is 0.132. The number of ketones is 4. The van der Waals surface area contributed by atoms with E-state index in [4.69, 9.17) is 11.5 Å². The second kappa shape index (κ2) is 15.2. The van der Waals surface area contributed by atoms with Gasteiger partial charge in [0, 0.05) is 84.1 Å². The van der Waals surface area contributed by atoms with Crippen LogP contribution in [0.4, 0.5) is 22.7 Å². The summed E-state index contributed by atoms with van der Waals surface area (Å²) in [5.41, 5.74) is 20.1. The highest BCUT2D eigenvalue weighted by Crippen LogP contribution is 2.35. The molecule has 11 nitrogen and oxygen atoms in total. The highest BCUT2D eigenvalue weighted by atomic mass is 16.1. The van der Waals surface area contributed by atoms with Crippen LogP contribution in [-0.2, 0) is 0 Å². The normalized spacial score (nSPS) is 12.2. The average molecular weight is 755 g/mol. The van der Waals surface area contributed by atoms with Gasteiger partial charge in [0.15, 0.2) is 23.1 Å². The van der Waals surface area contributed by atoms with Crippen molar-refractivity contribution in [2.45, 2.75) is 0 Å². The molecule has 0 saturated heterocycles. The van der Waals surface area contributed by atoms with E-state index in [1.165, 1.54) is 0 Å². The van der Waals surface area contributed by atoms with Gasteiger partial charge in [0.25, 0.3) is 0 Å². The topological polar surface area (TPSA) is 173 Å². The molecule has 2 aliphatic carbocycles. The number of imidazole rings is 1. The minimum Gasteiger partial charge on any atom is -0.397 e. The molecule has 11 heteroatoms. The van der Waals surface area contributed by atoms with Crippen molar-refractivity contribution in [3.63, 3.8) is 0 Å². The zero-order valence-corrected chi connectivity index (χ0v) is 31.7. The third kappa shape index (κ3) is 6.94. The molecule has 2 aliphatic rings. The van der Waals surface area contributed by atoms with Crippen LogP contribution in [0.25, 0.3) is 22.4 Å². The number of aldehydes is 1. The maximum atomic E-state index is 13.1. The Labute approximate surface area is 328 Å². The Hall–Kier alpha value is -7.66. The van der Waals surface area contributed by atoms with Gasteiger partial charge in [-0.15, -0.1) is 0 Å². The number of hydrogen-bond acceptors (Lipinski definition) is 10. The number of anilines is 4. The molecule has 6 aromatic carbocycles. The number of H-pyrrole nitrogens is 1. The Bertz CT molecular complexity index is 2750. The molecule has 0 fully saturated rings. The highest BCUT2D eigenvalue weighted by molar-refractivity contribution is 6.32. The number of rotatable bonds is 4. The van der Waals surface area contributed by atoms with Crippen molar-refractivity contribution in [3.8, 4) is 11.4 Å². The second-order valence-corrected chi connectivity index (χ2v) is 13.9. The van der Waals surface area contributed by atoms with Gasteiger partial charge in [-0.05, 0) is 72.8 Å². The standard InChI is InChI=1S/C23H17N3O2.C14H10N2O2.C9H11NO/c1-26(2)14-9-7-13(8-10-14)23-24-18-12-11-17-19(20(18)25-23)22(28)16-6-4-3-5-15(16)21(17)27;15-10-6-5-9-11(12(10)16)14(18)8-4-2-1-3-7(8)13(9)17;1-10(2)9-5-3-8(7-11)4-6-9/h3-12H,1-2H3,(H,24,25);1-6H,15-16H2;3-7H,1-2H3. The Morgan fingerprint density at radius 2 is 0.982 bits per heavy atom. The molecule has 5 N–H and O–H groups in total. The summed E-state index contributed by atoms with van der Waals surface area (Å²) in [5, 5.41) is 0. The Kier molecular flexibility index (Phi) is 10.1. The second-order valence-electron chi connectivity index (χ2n) is 13.9. The predicted molar refractivity (Wildman–Crippen MR) is 224 cm³/mol. The molecule has 0 amide bonds. The molecule has 0 spiro atoms. The number of hydrogen-bond donors (Lipinski definition) is 3. The molecular weight excluding hydrogens is 717 g/mol. The number of aromatic nitrogens is 2. The number of nitrogens with two attached hydrogens (primary N) is 2. The number of carbonyl (C=O) groups excluding carboxylic acids is 5. The van der Waals surface area contributed by atoms with Crippen molar-refractivity contribution < 1.29 is 24.0 Å². The fourth-order valence-corrected chi connectivity index (χ4v) is 6.79. The zero-order chi connectivity index (χ0) is 40.5. The van der Waals surface area contributed by atoms with Crippen LogP contribution in [0.5, 0.6) is 0 Å². The fraction of sp³-hybridized carbons (Fsp3) is 0.0870. The average Bonchev–Trinajstić information content (AvgIpc) is 3.68. The summed E-state index contributed by atoms with van der Waals surface area (Å²) >= 11 is 0. The van der Waals surface area contributed by atoms with E-state index in [0.717, 1.165) is 34.3 Å². The van der Waals surface area contributed by atoms with Crippen LogP contribution in [0.1, 0.15) is 74.0 Å². The first-order chi connectivity index (χ1) is 27.4. The smallest absolute Gasteiger partial charge is 0.196 e. The van der Waals surface area contributed by atoms with Crippen molar-refractivity contribution in [1.29, 1.82) is 0 Å². The van der Waals surface area contributed by atoms with Crippen LogP contribution >= 0.6 is 0 Å². The summed E-state index contributed by atoms with van der Waals surface area (Å²) in [6, 6.07) is 35.8. The SMILES string of the molecule is CN(C)c1ccc(-c2nc3c4c(ccc3[nH]2)C(=O)c2ccccc2C4=O)cc1.CN(C)c1ccc(C=O)cc1.Nc1ccc2c(c1N)C(=O)c1ccccc1C2=O. The third-order valence-electron chi connectivity index (χ3n) is 9.91. The van der Waals surface area contributed by atoms with Crippen molar-refractivity contribution in [3.05, 3.63) is 171 Å². The van der Waals surface area contributed by atoms with Gasteiger partial charge in [0.05, 0.1) is 28.0 Å². The lowest BCUT2D eigenvalue weighted by molar-refractivity contribution is 0.0980. The van der Waals surface area contributed by atoms with Crippen molar-refractivity contribution in [2.24, 2.45) is 0 Å². The van der Waals surface area contributed by atoms with E-state index in [1.807, 2.05) is 92.6 Å². The van der Waals surface area contributed by atoms with E-state index < -0.39 is 0 Å². The van der Waals surface area contributed by atoms with E-state index in [2.05, 4.69) is 9.97 Å². The van der Waals surface area contributed by atoms with E-state index in [9.17, 15) is 24.0 Å².